The normalized spacial score (nSPS) is 13.5. The molecule has 0 spiro atoms. The van der Waals surface area contributed by atoms with Crippen LogP contribution in [0.5, 0.6) is 0 Å². The number of methoxy groups -OCH3 is 1. The molecule has 0 aliphatic heterocycles. The Kier molecular flexibility index (Phi) is 7.52. The topological polar surface area (TPSA) is 35.5 Å². The molecule has 0 aromatic heterocycles. The molecule has 0 atom stereocenters. The monoisotopic (exact) mass is 290 g/mol. The van der Waals surface area contributed by atoms with Crippen LogP contribution in [0.3, 0.4) is 0 Å². The van der Waals surface area contributed by atoms with E-state index in [0.717, 1.165) is 20.0 Å². The van der Waals surface area contributed by atoms with E-state index < -0.39 is 20.1 Å². The lowest BCUT2D eigenvalue weighted by molar-refractivity contribution is -0.137. The summed E-state index contributed by atoms with van der Waals surface area (Å²) >= 11 is 0. The lowest BCUT2D eigenvalue weighted by Gasteiger charge is -2.39. The van der Waals surface area contributed by atoms with Crippen molar-refractivity contribution in [3.63, 3.8) is 0 Å². The number of esters is 1. The van der Waals surface area contributed by atoms with E-state index in [9.17, 15) is 9.18 Å². The maximum Gasteiger partial charge on any atom is 0.366 e. The summed E-state index contributed by atoms with van der Waals surface area (Å²) in [5, 5.41) is 0.187. The molecule has 0 amide bonds. The predicted octanol–water partition coefficient (Wildman–Crippen LogP) is 4.20. The average Bonchev–Trinajstić information content (AvgIpc) is 2.33. The van der Waals surface area contributed by atoms with Crippen molar-refractivity contribution in [2.24, 2.45) is 0 Å². The highest BCUT2D eigenvalue weighted by molar-refractivity contribution is 6.74. The predicted molar refractivity (Wildman–Crippen MR) is 78.2 cm³/mol. The van der Waals surface area contributed by atoms with Gasteiger partial charge in [-0.25, -0.2) is 4.79 Å². The molecule has 0 aromatic rings. The van der Waals surface area contributed by atoms with Crippen LogP contribution in [0.4, 0.5) is 4.39 Å². The second kappa shape index (κ2) is 7.80. The summed E-state index contributed by atoms with van der Waals surface area (Å²) in [6.07, 6.45) is 3.87. The first-order chi connectivity index (χ1) is 8.68. The first-order valence-corrected chi connectivity index (χ1v) is 9.66. The third-order valence-electron chi connectivity index (χ3n) is 3.79. The van der Waals surface area contributed by atoms with E-state index in [2.05, 4.69) is 38.6 Å². The Morgan fingerprint density at radius 1 is 1.37 bits per heavy atom. The van der Waals surface area contributed by atoms with E-state index in [1.54, 1.807) is 0 Å². The van der Waals surface area contributed by atoms with Gasteiger partial charge in [-0.3, -0.25) is 0 Å². The van der Waals surface area contributed by atoms with Crippen LogP contribution >= 0.6 is 0 Å². The Morgan fingerprint density at radius 3 is 2.42 bits per heavy atom. The zero-order valence-electron chi connectivity index (χ0n) is 13.0. The summed E-state index contributed by atoms with van der Waals surface area (Å²) in [4.78, 5) is 10.8. The van der Waals surface area contributed by atoms with Crippen LogP contribution in [0, 0.1) is 0 Å². The molecule has 0 unspecified atom stereocenters. The van der Waals surface area contributed by atoms with Gasteiger partial charge in [0.15, 0.2) is 8.32 Å². The molecule has 3 nitrogen and oxygen atoms in total. The van der Waals surface area contributed by atoms with Gasteiger partial charge in [-0.1, -0.05) is 27.2 Å². The fourth-order valence-corrected chi connectivity index (χ4v) is 3.67. The molecule has 0 N–H and O–H groups in total. The largest absolute Gasteiger partial charge is 0.464 e. The van der Waals surface area contributed by atoms with Crippen molar-refractivity contribution in [3.8, 4) is 0 Å². The summed E-state index contributed by atoms with van der Waals surface area (Å²) in [6.45, 7) is 11.4. The first kappa shape index (κ1) is 18.3. The van der Waals surface area contributed by atoms with E-state index in [1.807, 2.05) is 0 Å². The van der Waals surface area contributed by atoms with Crippen molar-refractivity contribution in [2.45, 2.75) is 58.2 Å². The molecule has 0 aliphatic carbocycles. The number of ether oxygens (including phenoxy) is 1. The lowest BCUT2D eigenvalue weighted by atomic mass is 10.1. The van der Waals surface area contributed by atoms with E-state index >= 15 is 0 Å². The summed E-state index contributed by atoms with van der Waals surface area (Å²) in [7, 11) is -0.665. The van der Waals surface area contributed by atoms with Gasteiger partial charge < -0.3 is 9.16 Å². The second-order valence-corrected chi connectivity index (χ2v) is 10.5. The zero-order chi connectivity index (χ0) is 15.1. The van der Waals surface area contributed by atoms with Crippen LogP contribution in [0.2, 0.25) is 18.1 Å². The van der Waals surface area contributed by atoms with Gasteiger partial charge in [-0.2, -0.15) is 4.39 Å². The Labute approximate surface area is 117 Å². The molecule has 0 bridgehead atoms. The van der Waals surface area contributed by atoms with Crippen molar-refractivity contribution in [2.75, 3.05) is 13.7 Å². The van der Waals surface area contributed by atoms with Gasteiger partial charge in [0.2, 0.25) is 5.83 Å². The SMILES string of the molecule is CCCC(C)(C)[Si](C)(C)OCC/C=C(\F)C(=O)OC. The van der Waals surface area contributed by atoms with Gasteiger partial charge in [-0.15, -0.1) is 0 Å². The standard InChI is InChI=1S/C14H27FO3Si/c1-7-10-14(2,3)19(5,6)18-11-8-9-12(15)13(16)17-4/h9H,7-8,10-11H2,1-6H3/b12-9-. The van der Waals surface area contributed by atoms with Crippen molar-refractivity contribution in [3.05, 3.63) is 11.9 Å². The quantitative estimate of drug-likeness (QED) is 0.291. The Balaban J connectivity index is 4.30. The third-order valence-corrected chi connectivity index (χ3v) is 8.23. The molecule has 0 rings (SSSR count). The summed E-state index contributed by atoms with van der Waals surface area (Å²) in [6, 6.07) is 0. The fourth-order valence-electron chi connectivity index (χ4n) is 1.80. The van der Waals surface area contributed by atoms with Gasteiger partial charge in [0.05, 0.1) is 7.11 Å². The highest BCUT2D eigenvalue weighted by Gasteiger charge is 2.39. The van der Waals surface area contributed by atoms with Crippen LogP contribution < -0.4 is 0 Å². The zero-order valence-corrected chi connectivity index (χ0v) is 14.0. The highest BCUT2D eigenvalue weighted by Crippen LogP contribution is 2.41. The number of carbonyl (C=O) groups is 1. The first-order valence-electron chi connectivity index (χ1n) is 6.76. The number of carbonyl (C=O) groups excluding carboxylic acids is 1. The second-order valence-electron chi connectivity index (χ2n) is 5.82. The smallest absolute Gasteiger partial charge is 0.366 e. The van der Waals surface area contributed by atoms with Crippen molar-refractivity contribution >= 4 is 14.3 Å². The molecule has 0 saturated carbocycles. The van der Waals surface area contributed by atoms with E-state index in [4.69, 9.17) is 4.43 Å². The Bertz CT molecular complexity index is 325. The molecule has 0 aromatic carbocycles. The van der Waals surface area contributed by atoms with Crippen molar-refractivity contribution < 1.29 is 18.3 Å². The fraction of sp³-hybridized carbons (Fsp3) is 0.786. The van der Waals surface area contributed by atoms with Crippen LogP contribution in [-0.2, 0) is 14.0 Å². The number of rotatable bonds is 8. The molecule has 19 heavy (non-hydrogen) atoms. The number of halogens is 1. The van der Waals surface area contributed by atoms with Crippen LogP contribution in [0.15, 0.2) is 11.9 Å². The molecular weight excluding hydrogens is 263 g/mol. The molecule has 0 radical (unpaired) electrons. The third kappa shape index (κ3) is 5.87. The van der Waals surface area contributed by atoms with Crippen LogP contribution in [0.25, 0.3) is 0 Å². The maximum atomic E-state index is 13.1. The molecule has 5 heteroatoms. The average molecular weight is 290 g/mol. The van der Waals surface area contributed by atoms with Gasteiger partial charge in [0, 0.05) is 6.61 Å². The van der Waals surface area contributed by atoms with E-state index in [-0.39, 0.29) is 5.04 Å². The minimum Gasteiger partial charge on any atom is -0.464 e. The van der Waals surface area contributed by atoms with Gasteiger partial charge in [0.25, 0.3) is 0 Å². The Morgan fingerprint density at radius 2 is 1.95 bits per heavy atom. The molecule has 0 heterocycles. The summed E-state index contributed by atoms with van der Waals surface area (Å²) in [5.74, 6) is -1.78. The van der Waals surface area contributed by atoms with Crippen molar-refractivity contribution in [1.82, 2.24) is 0 Å². The van der Waals surface area contributed by atoms with E-state index in [0.29, 0.717) is 13.0 Å². The van der Waals surface area contributed by atoms with Gasteiger partial charge in [-0.05, 0) is 37.0 Å². The number of hydrogen-bond acceptors (Lipinski definition) is 3. The molecule has 0 fully saturated rings. The summed E-state index contributed by atoms with van der Waals surface area (Å²) in [5.41, 5.74) is 0. The van der Waals surface area contributed by atoms with E-state index in [1.165, 1.54) is 6.08 Å². The molecule has 0 saturated heterocycles. The van der Waals surface area contributed by atoms with Gasteiger partial charge >= 0.3 is 5.97 Å². The van der Waals surface area contributed by atoms with Gasteiger partial charge in [0.1, 0.15) is 0 Å². The molecular formula is C14H27FO3Si. The summed E-state index contributed by atoms with van der Waals surface area (Å²) < 4.78 is 23.4. The van der Waals surface area contributed by atoms with Crippen LogP contribution in [0.1, 0.15) is 40.0 Å². The molecule has 0 aliphatic rings. The molecule has 112 valence electrons. The van der Waals surface area contributed by atoms with Crippen molar-refractivity contribution in [1.29, 1.82) is 0 Å². The van der Waals surface area contributed by atoms with Crippen LogP contribution in [-0.4, -0.2) is 28.0 Å². The minimum atomic E-state index is -1.83. The number of hydrogen-bond donors (Lipinski definition) is 0. The lowest BCUT2D eigenvalue weighted by Crippen LogP contribution is -2.42. The minimum absolute atomic E-state index is 0.187. The maximum absolute atomic E-state index is 13.1. The highest BCUT2D eigenvalue weighted by atomic mass is 28.4. The Hall–Kier alpha value is -0.683.